The van der Waals surface area contributed by atoms with Crippen molar-refractivity contribution in [3.05, 3.63) is 48.8 Å². The Labute approximate surface area is 261 Å². The fourth-order valence-electron chi connectivity index (χ4n) is 5.22. The number of rotatable bonds is 14. The Kier molecular flexibility index (Phi) is 9.88. The van der Waals surface area contributed by atoms with E-state index in [1.807, 2.05) is 37.3 Å². The molecule has 1 aliphatic heterocycles. The summed E-state index contributed by atoms with van der Waals surface area (Å²) in [6, 6.07) is 14.7. The number of hydrogen-bond donors (Lipinski definition) is 3. The first kappa shape index (κ1) is 32.6. The van der Waals surface area contributed by atoms with Crippen molar-refractivity contribution in [1.82, 2.24) is 24.6 Å². The van der Waals surface area contributed by atoms with Crippen LogP contribution in [0.1, 0.15) is 39.8 Å². The number of aliphatic hydroxyl groups is 1. The molecule has 1 aliphatic rings. The van der Waals surface area contributed by atoms with Crippen LogP contribution in [-0.2, 0) is 18.6 Å². The highest BCUT2D eigenvalue weighted by Gasteiger charge is 2.55. The lowest BCUT2D eigenvalue weighted by Crippen LogP contribution is -2.38. The third kappa shape index (κ3) is 6.74. The molecule has 0 saturated carbocycles. The van der Waals surface area contributed by atoms with Gasteiger partial charge < -0.3 is 29.6 Å². The number of nitrogens with one attached hydrogen (secondary N) is 1. The first-order chi connectivity index (χ1) is 21.6. The molecular formula is C30H38N7O7P. The van der Waals surface area contributed by atoms with E-state index in [0.717, 1.165) is 23.6 Å². The minimum absolute atomic E-state index is 0.0661. The second-order valence-corrected chi connectivity index (χ2v) is 12.8. The van der Waals surface area contributed by atoms with E-state index in [-0.39, 0.29) is 30.7 Å². The Bertz CT molecular complexity index is 1720. The number of aliphatic hydroxyl groups excluding tert-OH is 1. The van der Waals surface area contributed by atoms with Crippen LogP contribution < -0.4 is 20.1 Å². The summed E-state index contributed by atoms with van der Waals surface area (Å²) < 4.78 is 45.1. The van der Waals surface area contributed by atoms with Crippen LogP contribution in [0.2, 0.25) is 0 Å². The van der Waals surface area contributed by atoms with Gasteiger partial charge in [-0.2, -0.15) is 15.2 Å². The molecule has 14 nitrogen and oxygen atoms in total. The van der Waals surface area contributed by atoms with Gasteiger partial charge in [0.25, 0.3) is 0 Å². The molecule has 5 rings (SSSR count). The fourth-order valence-corrected chi connectivity index (χ4v) is 6.78. The van der Waals surface area contributed by atoms with E-state index < -0.39 is 37.6 Å². The molecule has 1 saturated heterocycles. The van der Waals surface area contributed by atoms with E-state index in [1.54, 1.807) is 19.1 Å². The third-order valence-corrected chi connectivity index (χ3v) is 9.33. The highest BCUT2D eigenvalue weighted by molar-refractivity contribution is 7.52. The second kappa shape index (κ2) is 13.7. The summed E-state index contributed by atoms with van der Waals surface area (Å²) >= 11 is 0. The number of hydrogen-bond acceptors (Lipinski definition) is 12. The number of benzene rings is 2. The van der Waals surface area contributed by atoms with E-state index in [2.05, 4.69) is 33.0 Å². The zero-order chi connectivity index (χ0) is 32.2. The molecule has 4 aromatic rings. The van der Waals surface area contributed by atoms with E-state index >= 15 is 0 Å². The molecule has 2 aromatic carbocycles. The zero-order valence-electron chi connectivity index (χ0n) is 25.6. The largest absolute Gasteiger partial charge is 0.479 e. The highest BCUT2D eigenvalue weighted by atomic mass is 31.2. The van der Waals surface area contributed by atoms with E-state index in [1.165, 1.54) is 18.0 Å². The molecule has 0 bridgehead atoms. The standard InChI is InChI=1S/C30H38N7O7P/c1-5-6-14-41-15-19(2)36-45(39,44-22-13-9-11-20-10-7-8-12-21(20)22)42-16-23-25(38)30(3,17-31)28(43-23)37-18-33-24-26(37)34-29(32)35-27(24)40-4/h7-13,18-19,23,25,28,38H,5-6,14-16H2,1-4H3,(H,36,39)(H2,32,34,35). The van der Waals surface area contributed by atoms with Crippen LogP contribution in [0.4, 0.5) is 5.95 Å². The maximum Gasteiger partial charge on any atom is 0.459 e. The van der Waals surface area contributed by atoms with Gasteiger partial charge in [-0.15, -0.1) is 0 Å². The van der Waals surface area contributed by atoms with Crippen molar-refractivity contribution in [3.8, 4) is 17.7 Å². The second-order valence-electron chi connectivity index (χ2n) is 11.1. The number of fused-ring (bicyclic) bond motifs is 2. The van der Waals surface area contributed by atoms with Crippen molar-refractivity contribution >= 4 is 35.6 Å². The smallest absolute Gasteiger partial charge is 0.459 e. The van der Waals surface area contributed by atoms with Gasteiger partial charge in [0.05, 0.1) is 32.7 Å². The lowest BCUT2D eigenvalue weighted by atomic mass is 9.84. The Morgan fingerprint density at radius 1 is 1.27 bits per heavy atom. The molecule has 45 heavy (non-hydrogen) atoms. The number of nitrogens with two attached hydrogens (primary N) is 1. The van der Waals surface area contributed by atoms with Crippen molar-refractivity contribution < 1.29 is 32.9 Å². The molecule has 6 atom stereocenters. The summed E-state index contributed by atoms with van der Waals surface area (Å²) in [4.78, 5) is 12.6. The Hall–Kier alpha value is -3.83. The maximum atomic E-state index is 14.3. The van der Waals surface area contributed by atoms with Gasteiger partial charge in [0, 0.05) is 18.0 Å². The zero-order valence-corrected chi connectivity index (χ0v) is 26.5. The fraction of sp³-hybridized carbons (Fsp3) is 0.467. The van der Waals surface area contributed by atoms with Gasteiger partial charge in [0.15, 0.2) is 17.4 Å². The van der Waals surface area contributed by atoms with Gasteiger partial charge in [-0.1, -0.05) is 49.7 Å². The quantitative estimate of drug-likeness (QED) is 0.131. The molecular weight excluding hydrogens is 601 g/mol. The lowest BCUT2D eigenvalue weighted by Gasteiger charge is -2.26. The number of aromatic nitrogens is 4. The van der Waals surface area contributed by atoms with Crippen molar-refractivity contribution in [3.63, 3.8) is 0 Å². The topological polar surface area (TPSA) is 189 Å². The lowest BCUT2D eigenvalue weighted by molar-refractivity contribution is -0.0440. The summed E-state index contributed by atoms with van der Waals surface area (Å²) in [6.07, 6.45) is -0.197. The van der Waals surface area contributed by atoms with Crippen molar-refractivity contribution in [2.24, 2.45) is 5.41 Å². The number of nitrogens with zero attached hydrogens (tertiary/aromatic N) is 5. The van der Waals surface area contributed by atoms with Crippen LogP contribution in [0.5, 0.6) is 11.6 Å². The molecule has 4 N–H and O–H groups in total. The predicted octanol–water partition coefficient (Wildman–Crippen LogP) is 4.36. The van der Waals surface area contributed by atoms with Crippen LogP contribution in [0, 0.1) is 16.7 Å². The summed E-state index contributed by atoms with van der Waals surface area (Å²) in [5, 5.41) is 26.2. The van der Waals surface area contributed by atoms with Gasteiger partial charge in [0.2, 0.25) is 11.8 Å². The van der Waals surface area contributed by atoms with Gasteiger partial charge in [0.1, 0.15) is 23.4 Å². The molecule has 2 aromatic heterocycles. The van der Waals surface area contributed by atoms with E-state index in [4.69, 9.17) is 29.0 Å². The average molecular weight is 640 g/mol. The molecule has 1 fully saturated rings. The number of anilines is 1. The first-order valence-electron chi connectivity index (χ1n) is 14.7. The summed E-state index contributed by atoms with van der Waals surface area (Å²) in [5.41, 5.74) is 4.95. The van der Waals surface area contributed by atoms with Crippen LogP contribution >= 0.6 is 7.75 Å². The number of ether oxygens (including phenoxy) is 3. The number of nitriles is 1. The molecule has 6 unspecified atom stereocenters. The van der Waals surface area contributed by atoms with Crippen molar-refractivity contribution in [2.75, 3.05) is 32.7 Å². The number of methoxy groups -OCH3 is 1. The van der Waals surface area contributed by atoms with Gasteiger partial charge in [-0.25, -0.2) is 14.6 Å². The number of imidazole rings is 1. The third-order valence-electron chi connectivity index (χ3n) is 7.64. The normalized spacial score (nSPS) is 23.5. The van der Waals surface area contributed by atoms with E-state index in [9.17, 15) is 14.9 Å². The highest BCUT2D eigenvalue weighted by Crippen LogP contribution is 2.50. The number of nitrogen functional groups attached to an aromatic ring is 1. The SMILES string of the molecule is CCCCOCC(C)NP(=O)(OCC1OC(n2cnc3c(OC)nc(N)nc32)C(C)(C#N)C1O)Oc1cccc2ccccc12. The van der Waals surface area contributed by atoms with Gasteiger partial charge >= 0.3 is 7.75 Å². The minimum atomic E-state index is -4.10. The maximum absolute atomic E-state index is 14.3. The molecule has 15 heteroatoms. The van der Waals surface area contributed by atoms with Crippen molar-refractivity contribution in [2.45, 2.75) is 58.1 Å². The molecule has 0 spiro atoms. The molecule has 0 amide bonds. The summed E-state index contributed by atoms with van der Waals surface area (Å²) in [6.45, 7) is 5.90. The van der Waals surface area contributed by atoms with Crippen molar-refractivity contribution in [1.29, 1.82) is 5.26 Å². The van der Waals surface area contributed by atoms with Crippen LogP contribution in [0.25, 0.3) is 21.9 Å². The predicted molar refractivity (Wildman–Crippen MR) is 166 cm³/mol. The van der Waals surface area contributed by atoms with Crippen LogP contribution in [-0.4, -0.2) is 69.8 Å². The molecule has 0 aliphatic carbocycles. The van der Waals surface area contributed by atoms with Gasteiger partial charge in [-0.3, -0.25) is 9.09 Å². The van der Waals surface area contributed by atoms with E-state index in [0.29, 0.717) is 17.9 Å². The van der Waals surface area contributed by atoms with Gasteiger partial charge in [-0.05, 0) is 31.7 Å². The Morgan fingerprint density at radius 3 is 2.80 bits per heavy atom. The molecule has 0 radical (unpaired) electrons. The first-order valence-corrected chi connectivity index (χ1v) is 16.2. The Morgan fingerprint density at radius 2 is 2.04 bits per heavy atom. The average Bonchev–Trinajstić information content (AvgIpc) is 3.56. The number of unbranched alkanes of at least 4 members (excludes halogenated alkanes) is 1. The Balaban J connectivity index is 1.40. The van der Waals surface area contributed by atoms with Crippen LogP contribution in [0.3, 0.4) is 0 Å². The minimum Gasteiger partial charge on any atom is -0.479 e. The molecule has 240 valence electrons. The summed E-state index contributed by atoms with van der Waals surface area (Å²) in [5.74, 6) is 0.439. The van der Waals surface area contributed by atoms with Crippen LogP contribution in [0.15, 0.2) is 48.8 Å². The molecule has 3 heterocycles. The summed E-state index contributed by atoms with van der Waals surface area (Å²) in [7, 11) is -2.68. The monoisotopic (exact) mass is 639 g/mol.